The zero-order valence-corrected chi connectivity index (χ0v) is 16.5. The number of rotatable bonds is 5. The number of aromatic nitrogens is 1. The smallest absolute Gasteiger partial charge is 0.274 e. The van der Waals surface area contributed by atoms with Crippen molar-refractivity contribution in [3.05, 3.63) is 45.4 Å². The number of benzene rings is 1. The van der Waals surface area contributed by atoms with Crippen LogP contribution in [0.5, 0.6) is 5.75 Å². The fourth-order valence-electron chi connectivity index (χ4n) is 3.63. The minimum absolute atomic E-state index is 0.0609. The first kappa shape index (κ1) is 18.0. The molecule has 134 valence electrons. The van der Waals surface area contributed by atoms with Crippen LogP contribution in [0.2, 0.25) is 0 Å². The predicted molar refractivity (Wildman–Crippen MR) is 107 cm³/mol. The van der Waals surface area contributed by atoms with E-state index in [4.69, 9.17) is 0 Å². The van der Waals surface area contributed by atoms with Gasteiger partial charge >= 0.3 is 0 Å². The minimum Gasteiger partial charge on any atom is -0.508 e. The maximum Gasteiger partial charge on any atom is 0.274 e. The molecule has 0 fully saturated rings. The Labute approximate surface area is 151 Å². The van der Waals surface area contributed by atoms with Gasteiger partial charge in [0.1, 0.15) is 11.4 Å². The molecule has 25 heavy (non-hydrogen) atoms. The Balaban J connectivity index is 2.17. The van der Waals surface area contributed by atoms with Crippen LogP contribution >= 0.6 is 8.73 Å². The number of anilines is 1. The number of aromatic hydroxyl groups is 1. The van der Waals surface area contributed by atoms with E-state index in [1.54, 1.807) is 11.6 Å². The van der Waals surface area contributed by atoms with E-state index in [9.17, 15) is 9.90 Å². The molecule has 1 aromatic carbocycles. The summed E-state index contributed by atoms with van der Waals surface area (Å²) in [4.78, 5) is 12.5. The Morgan fingerprint density at radius 3 is 2.68 bits per heavy atom. The summed E-state index contributed by atoms with van der Waals surface area (Å²) in [6, 6.07) is 4.08. The van der Waals surface area contributed by atoms with Gasteiger partial charge in [-0.05, 0) is 56.3 Å². The molecular weight excluding hydrogens is 331 g/mol. The second kappa shape index (κ2) is 7.21. The number of phenols is 1. The van der Waals surface area contributed by atoms with Crippen LogP contribution in [-0.2, 0) is 26.1 Å². The van der Waals surface area contributed by atoms with E-state index in [0.29, 0.717) is 14.5 Å². The molecule has 4 nitrogen and oxygen atoms in total. The SMILES string of the molecule is CCCCc1c(O)cc(-c2cn(C)c(=O)c3c2CPN3C)cc1CC. The molecule has 5 heteroatoms. The summed E-state index contributed by atoms with van der Waals surface area (Å²) in [5.74, 6) is 0.388. The van der Waals surface area contributed by atoms with E-state index in [1.165, 1.54) is 5.56 Å². The Morgan fingerprint density at radius 1 is 1.24 bits per heavy atom. The van der Waals surface area contributed by atoms with E-state index < -0.39 is 0 Å². The topological polar surface area (TPSA) is 45.5 Å². The third-order valence-corrected chi connectivity index (χ3v) is 6.29. The first-order chi connectivity index (χ1) is 12.0. The van der Waals surface area contributed by atoms with Gasteiger partial charge in [0, 0.05) is 32.0 Å². The van der Waals surface area contributed by atoms with Gasteiger partial charge in [-0.1, -0.05) is 26.3 Å². The predicted octanol–water partition coefficient (Wildman–Crippen LogP) is 4.21. The Kier molecular flexibility index (Phi) is 5.19. The molecule has 0 saturated heterocycles. The quantitative estimate of drug-likeness (QED) is 0.815. The van der Waals surface area contributed by atoms with Crippen molar-refractivity contribution in [3.63, 3.8) is 0 Å². The van der Waals surface area contributed by atoms with Crippen LogP contribution in [0.25, 0.3) is 11.1 Å². The van der Waals surface area contributed by atoms with Gasteiger partial charge in [-0.2, -0.15) is 0 Å². The first-order valence-corrected chi connectivity index (χ1v) is 10.2. The highest BCUT2D eigenvalue weighted by Gasteiger charge is 2.25. The van der Waals surface area contributed by atoms with Crippen molar-refractivity contribution in [1.82, 2.24) is 4.57 Å². The lowest BCUT2D eigenvalue weighted by atomic mass is 9.92. The van der Waals surface area contributed by atoms with Gasteiger partial charge in [0.05, 0.1) is 0 Å². The zero-order chi connectivity index (χ0) is 18.1. The molecular formula is C20H27N2O2P. The van der Waals surface area contributed by atoms with Crippen molar-refractivity contribution in [1.29, 1.82) is 0 Å². The summed E-state index contributed by atoms with van der Waals surface area (Å²) in [7, 11) is 4.39. The number of hydrogen-bond donors (Lipinski definition) is 1. The lowest BCUT2D eigenvalue weighted by molar-refractivity contribution is 0.466. The summed E-state index contributed by atoms with van der Waals surface area (Å²) < 4.78 is 3.73. The maximum absolute atomic E-state index is 12.5. The molecule has 2 heterocycles. The number of aryl methyl sites for hydroxylation is 2. The Morgan fingerprint density at radius 2 is 2.00 bits per heavy atom. The van der Waals surface area contributed by atoms with Gasteiger partial charge in [-0.3, -0.25) is 4.79 Å². The van der Waals surface area contributed by atoms with Crippen LogP contribution in [0.1, 0.15) is 43.4 Å². The summed E-state index contributed by atoms with van der Waals surface area (Å²) >= 11 is 0. The highest BCUT2D eigenvalue weighted by atomic mass is 31.1. The monoisotopic (exact) mass is 358 g/mol. The highest BCUT2D eigenvalue weighted by molar-refractivity contribution is 7.39. The van der Waals surface area contributed by atoms with Gasteiger partial charge in [0.15, 0.2) is 0 Å². The molecule has 1 aliphatic heterocycles. The second-order valence-electron chi connectivity index (χ2n) is 6.77. The van der Waals surface area contributed by atoms with Crippen molar-refractivity contribution < 1.29 is 5.11 Å². The molecule has 0 amide bonds. The van der Waals surface area contributed by atoms with Gasteiger partial charge < -0.3 is 14.3 Å². The minimum atomic E-state index is 0.0609. The third-order valence-electron chi connectivity index (χ3n) is 5.08. The average Bonchev–Trinajstić information content (AvgIpc) is 2.98. The van der Waals surface area contributed by atoms with Gasteiger partial charge in [-0.15, -0.1) is 0 Å². The zero-order valence-electron chi connectivity index (χ0n) is 15.5. The van der Waals surface area contributed by atoms with E-state index in [-0.39, 0.29) is 5.56 Å². The van der Waals surface area contributed by atoms with Crippen LogP contribution in [-0.4, -0.2) is 16.7 Å². The normalized spacial score (nSPS) is 14.3. The highest BCUT2D eigenvalue weighted by Crippen LogP contribution is 2.44. The standard InChI is InChI=1S/C20H27N2O2P/c1-5-7-8-15-13(6-2)9-14(10-18(15)23)16-11-21(3)20(24)19-17(16)12-25-22(19)4/h9-11,23,25H,5-8,12H2,1-4H3. The number of hydrogen-bond acceptors (Lipinski definition) is 3. The Hall–Kier alpha value is -1.80. The number of pyridine rings is 1. The van der Waals surface area contributed by atoms with Crippen molar-refractivity contribution in [2.24, 2.45) is 7.05 Å². The summed E-state index contributed by atoms with van der Waals surface area (Å²) in [6.07, 6.45) is 6.84. The Bertz CT molecular complexity index is 858. The molecule has 0 saturated carbocycles. The summed E-state index contributed by atoms with van der Waals surface area (Å²) in [6.45, 7) is 4.30. The van der Waals surface area contributed by atoms with E-state index >= 15 is 0 Å². The van der Waals surface area contributed by atoms with Crippen molar-refractivity contribution >= 4 is 14.4 Å². The summed E-state index contributed by atoms with van der Waals surface area (Å²) in [5, 5.41) is 10.6. The molecule has 1 unspecified atom stereocenters. The number of phenolic OH excluding ortho intramolecular Hbond substituents is 1. The van der Waals surface area contributed by atoms with Crippen molar-refractivity contribution in [3.8, 4) is 16.9 Å². The molecule has 1 atom stereocenters. The van der Waals surface area contributed by atoms with Crippen LogP contribution in [0, 0.1) is 0 Å². The van der Waals surface area contributed by atoms with Gasteiger partial charge in [0.2, 0.25) is 0 Å². The number of fused-ring (bicyclic) bond motifs is 1. The molecule has 1 aromatic heterocycles. The molecule has 0 radical (unpaired) electrons. The van der Waals surface area contributed by atoms with Crippen LogP contribution in [0.15, 0.2) is 23.1 Å². The lowest BCUT2D eigenvalue weighted by Crippen LogP contribution is -2.22. The van der Waals surface area contributed by atoms with Crippen molar-refractivity contribution in [2.75, 3.05) is 11.7 Å². The lowest BCUT2D eigenvalue weighted by Gasteiger charge is -2.17. The second-order valence-corrected chi connectivity index (χ2v) is 8.11. The number of unbranched alkanes of at least 4 members (excludes halogenated alkanes) is 1. The fraction of sp³-hybridized carbons (Fsp3) is 0.450. The summed E-state index contributed by atoms with van der Waals surface area (Å²) in [5.41, 5.74) is 6.36. The molecule has 3 rings (SSSR count). The molecule has 1 aliphatic rings. The molecule has 2 aromatic rings. The van der Waals surface area contributed by atoms with Gasteiger partial charge in [0.25, 0.3) is 5.56 Å². The number of nitrogens with zero attached hydrogens (tertiary/aromatic N) is 2. The van der Waals surface area contributed by atoms with Crippen molar-refractivity contribution in [2.45, 2.75) is 45.7 Å². The molecule has 0 spiro atoms. The fourth-order valence-corrected chi connectivity index (χ4v) is 4.77. The first-order valence-electron chi connectivity index (χ1n) is 9.02. The van der Waals surface area contributed by atoms with Crippen LogP contribution < -0.4 is 10.2 Å². The molecule has 0 aliphatic carbocycles. The van der Waals surface area contributed by atoms with Crippen LogP contribution in [0.3, 0.4) is 0 Å². The average molecular weight is 358 g/mol. The molecule has 1 N–H and O–H groups in total. The maximum atomic E-state index is 12.5. The van der Waals surface area contributed by atoms with Crippen LogP contribution in [0.4, 0.5) is 5.69 Å². The largest absolute Gasteiger partial charge is 0.508 e. The van der Waals surface area contributed by atoms with E-state index in [1.807, 2.05) is 19.3 Å². The van der Waals surface area contributed by atoms with E-state index in [0.717, 1.165) is 59.8 Å². The third kappa shape index (κ3) is 3.20. The molecule has 0 bridgehead atoms. The van der Waals surface area contributed by atoms with Gasteiger partial charge in [-0.25, -0.2) is 0 Å². The van der Waals surface area contributed by atoms with E-state index in [2.05, 4.69) is 24.6 Å².